The summed E-state index contributed by atoms with van der Waals surface area (Å²) >= 11 is 2.83. The van der Waals surface area contributed by atoms with Crippen LogP contribution in [0.3, 0.4) is 0 Å². The van der Waals surface area contributed by atoms with E-state index < -0.39 is 0 Å². The van der Waals surface area contributed by atoms with Crippen LogP contribution in [0, 0.1) is 0 Å². The molecule has 76 valence electrons. The van der Waals surface area contributed by atoms with Gasteiger partial charge in [0.1, 0.15) is 0 Å². The van der Waals surface area contributed by atoms with Crippen molar-refractivity contribution in [1.29, 1.82) is 0 Å². The summed E-state index contributed by atoms with van der Waals surface area (Å²) in [6.45, 7) is 0. The van der Waals surface area contributed by atoms with Crippen LogP contribution in [-0.2, 0) is 20.6 Å². The molecular weight excluding hydrogens is 220 g/mol. The van der Waals surface area contributed by atoms with E-state index in [9.17, 15) is 0 Å². The Bertz CT molecular complexity index is 336. The summed E-state index contributed by atoms with van der Waals surface area (Å²) in [7, 11) is 4.83. The standard InChI is InChI=1S/C10H12O3.Cr/c1-11-7-8-4-5-9(12-2)10(6-8)13-3;/h4-6H,1-3H3;. The molecule has 0 spiro atoms. The average molecular weight is 232 g/mol. The van der Waals surface area contributed by atoms with Gasteiger partial charge >= 0.3 is 91.2 Å². The molecule has 0 fully saturated rings. The van der Waals surface area contributed by atoms with E-state index in [0.717, 1.165) is 10.1 Å². The summed E-state index contributed by atoms with van der Waals surface area (Å²) in [4.78, 5) is 0. The maximum atomic E-state index is 5.16. The zero-order valence-corrected chi connectivity index (χ0v) is 9.64. The first-order valence-corrected chi connectivity index (χ1v) is 4.67. The Morgan fingerprint density at radius 3 is 2.21 bits per heavy atom. The molecule has 1 aromatic carbocycles. The van der Waals surface area contributed by atoms with Crippen LogP contribution in [-0.4, -0.2) is 25.9 Å². The van der Waals surface area contributed by atoms with Crippen LogP contribution in [0.4, 0.5) is 0 Å². The molecule has 0 saturated carbocycles. The van der Waals surface area contributed by atoms with Crippen LogP contribution in [0.1, 0.15) is 5.56 Å². The van der Waals surface area contributed by atoms with E-state index in [1.165, 1.54) is 0 Å². The molecule has 0 aromatic heterocycles. The fraction of sp³-hybridized carbons (Fsp3) is 0.300. The van der Waals surface area contributed by atoms with Crippen molar-refractivity contribution in [2.75, 3.05) is 21.3 Å². The average Bonchev–Trinajstić information content (AvgIpc) is 2.26. The maximum absolute atomic E-state index is 5.16. The van der Waals surface area contributed by atoms with Crippen molar-refractivity contribution in [3.05, 3.63) is 23.8 Å². The van der Waals surface area contributed by atoms with Gasteiger partial charge in [0.2, 0.25) is 0 Å². The van der Waals surface area contributed by atoms with Crippen LogP contribution >= 0.6 is 0 Å². The molecule has 0 heterocycles. The van der Waals surface area contributed by atoms with Crippen molar-refractivity contribution in [1.82, 2.24) is 0 Å². The van der Waals surface area contributed by atoms with Crippen molar-refractivity contribution in [2.45, 2.75) is 0 Å². The van der Waals surface area contributed by atoms with Gasteiger partial charge in [-0.1, -0.05) is 0 Å². The van der Waals surface area contributed by atoms with Gasteiger partial charge in [-0.25, -0.2) is 0 Å². The molecule has 0 amide bonds. The molecule has 14 heavy (non-hydrogen) atoms. The van der Waals surface area contributed by atoms with Crippen LogP contribution < -0.4 is 9.47 Å². The number of benzene rings is 1. The van der Waals surface area contributed by atoms with E-state index in [0.29, 0.717) is 11.5 Å². The Morgan fingerprint density at radius 2 is 1.71 bits per heavy atom. The Morgan fingerprint density at radius 1 is 1.07 bits per heavy atom. The molecule has 1 rings (SSSR count). The van der Waals surface area contributed by atoms with Gasteiger partial charge < -0.3 is 0 Å². The SMILES string of the molecule is CO[C](=[Cr])c1ccc(OC)c(OC)c1. The quantitative estimate of drug-likeness (QED) is 0.784. The minimum absolute atomic E-state index is 0.690. The minimum atomic E-state index is 0.690. The number of methoxy groups -OCH3 is 3. The number of hydrogen-bond donors (Lipinski definition) is 0. The van der Waals surface area contributed by atoms with E-state index in [1.807, 2.05) is 18.2 Å². The van der Waals surface area contributed by atoms with Crippen molar-refractivity contribution < 1.29 is 30.1 Å². The van der Waals surface area contributed by atoms with E-state index >= 15 is 0 Å². The summed E-state index contributed by atoms with van der Waals surface area (Å²) in [5.41, 5.74) is 0.935. The van der Waals surface area contributed by atoms with Crippen molar-refractivity contribution in [2.24, 2.45) is 0 Å². The molecular formula is C10H12CrO3. The molecule has 1 aromatic rings. The van der Waals surface area contributed by atoms with E-state index in [2.05, 4.69) is 15.9 Å². The van der Waals surface area contributed by atoms with E-state index in [1.54, 1.807) is 21.3 Å². The Kier molecular flexibility index (Phi) is 4.15. The van der Waals surface area contributed by atoms with Crippen LogP contribution in [0.25, 0.3) is 0 Å². The molecule has 0 radical (unpaired) electrons. The summed E-state index contributed by atoms with van der Waals surface area (Å²) in [5.74, 6) is 1.40. The summed E-state index contributed by atoms with van der Waals surface area (Å²) < 4.78 is 16.1. The first-order chi connectivity index (χ1) is 6.72. The Balaban J connectivity index is 3.07. The predicted octanol–water partition coefficient (Wildman–Crippen LogP) is 1.38. The van der Waals surface area contributed by atoms with Gasteiger partial charge in [0, 0.05) is 0 Å². The van der Waals surface area contributed by atoms with Gasteiger partial charge in [-0.15, -0.1) is 0 Å². The molecule has 0 bridgehead atoms. The van der Waals surface area contributed by atoms with Gasteiger partial charge in [0.25, 0.3) is 0 Å². The normalized spacial score (nSPS) is 9.64. The zero-order chi connectivity index (χ0) is 10.6. The summed E-state index contributed by atoms with van der Waals surface area (Å²) in [6, 6.07) is 5.59. The molecule has 0 aliphatic rings. The van der Waals surface area contributed by atoms with Crippen molar-refractivity contribution >= 4 is 4.57 Å². The molecule has 0 aliphatic carbocycles. The van der Waals surface area contributed by atoms with Gasteiger partial charge in [-0.2, -0.15) is 0 Å². The monoisotopic (exact) mass is 232 g/mol. The van der Waals surface area contributed by atoms with E-state index in [4.69, 9.17) is 14.2 Å². The predicted molar refractivity (Wildman–Crippen MR) is 50.7 cm³/mol. The number of rotatable bonds is 4. The van der Waals surface area contributed by atoms with Crippen LogP contribution in [0.5, 0.6) is 11.5 Å². The molecule has 0 atom stereocenters. The third-order valence-corrected chi connectivity index (χ3v) is 2.43. The summed E-state index contributed by atoms with van der Waals surface area (Å²) in [5, 5.41) is 0. The third-order valence-electron chi connectivity index (χ3n) is 1.80. The van der Waals surface area contributed by atoms with E-state index in [-0.39, 0.29) is 0 Å². The second-order valence-electron chi connectivity index (χ2n) is 2.56. The summed E-state index contributed by atoms with van der Waals surface area (Å²) in [6.07, 6.45) is 0. The first-order valence-electron chi connectivity index (χ1n) is 4.03. The fourth-order valence-corrected chi connectivity index (χ4v) is 1.28. The topological polar surface area (TPSA) is 27.7 Å². The molecule has 4 heteroatoms. The van der Waals surface area contributed by atoms with Crippen molar-refractivity contribution in [3.63, 3.8) is 0 Å². The van der Waals surface area contributed by atoms with Crippen molar-refractivity contribution in [3.8, 4) is 11.5 Å². The molecule has 0 aliphatic heterocycles. The van der Waals surface area contributed by atoms with Gasteiger partial charge in [-0.05, 0) is 0 Å². The molecule has 3 nitrogen and oxygen atoms in total. The van der Waals surface area contributed by atoms with Gasteiger partial charge in [0.15, 0.2) is 0 Å². The number of ether oxygens (including phenoxy) is 3. The first kappa shape index (κ1) is 11.3. The molecule has 0 unspecified atom stereocenters. The Labute approximate surface area is 91.6 Å². The Hall–Kier alpha value is -0.818. The third kappa shape index (κ3) is 2.36. The molecule has 0 saturated heterocycles. The number of hydrogen-bond acceptors (Lipinski definition) is 3. The van der Waals surface area contributed by atoms with Crippen LogP contribution in [0.2, 0.25) is 0 Å². The van der Waals surface area contributed by atoms with Gasteiger partial charge in [0.05, 0.1) is 0 Å². The van der Waals surface area contributed by atoms with Crippen LogP contribution in [0.15, 0.2) is 18.2 Å². The second-order valence-corrected chi connectivity index (χ2v) is 3.14. The van der Waals surface area contributed by atoms with Gasteiger partial charge in [-0.3, -0.25) is 0 Å². The molecule has 0 N–H and O–H groups in total. The zero-order valence-electron chi connectivity index (χ0n) is 8.37. The fourth-order valence-electron chi connectivity index (χ4n) is 1.08. The second kappa shape index (κ2) is 5.16.